The average Bonchev–Trinajstić information content (AvgIpc) is 4.03. The number of alkyl halides is 3. The van der Waals surface area contributed by atoms with E-state index in [0.29, 0.717) is 6.90 Å². The molecular weight excluding hydrogens is 699 g/mol. The van der Waals surface area contributed by atoms with Gasteiger partial charge in [-0.2, -0.15) is 13.2 Å². The van der Waals surface area contributed by atoms with E-state index in [2.05, 4.69) is 49.4 Å². The second-order valence-corrected chi connectivity index (χ2v) is 12.9. The number of fused-ring (bicyclic) bond motifs is 2. The first-order valence-corrected chi connectivity index (χ1v) is 18.0. The van der Waals surface area contributed by atoms with E-state index >= 15 is 0 Å². The number of nitrogens with two attached hydrogens (primary N) is 1. The fourth-order valence-electron chi connectivity index (χ4n) is 6.24. The molecule has 0 amide bonds. The van der Waals surface area contributed by atoms with Crippen LogP contribution in [0, 0.1) is 5.92 Å². The number of allylic oxidation sites excluding steroid dienone is 3. The zero-order valence-electron chi connectivity index (χ0n) is 31.5. The summed E-state index contributed by atoms with van der Waals surface area (Å²) >= 11 is 0. The van der Waals surface area contributed by atoms with Crippen molar-refractivity contribution in [2.45, 2.75) is 97.2 Å². The summed E-state index contributed by atoms with van der Waals surface area (Å²) in [5, 5.41) is 16.8. The first kappa shape index (κ1) is 38.3. The van der Waals surface area contributed by atoms with E-state index < -0.39 is 12.5 Å². The lowest BCUT2D eigenvalue weighted by molar-refractivity contribution is -0.156. The van der Waals surface area contributed by atoms with E-state index in [0.717, 1.165) is 109 Å². The Hall–Kier alpha value is -5.44. The van der Waals surface area contributed by atoms with Gasteiger partial charge in [0.05, 0.1) is 12.5 Å². The fourth-order valence-corrected chi connectivity index (χ4v) is 6.24. The summed E-state index contributed by atoms with van der Waals surface area (Å²) in [6.45, 7) is 4.59. The van der Waals surface area contributed by atoms with E-state index in [1.54, 1.807) is 32.1 Å². The third-order valence-corrected chi connectivity index (χ3v) is 9.12. The number of aldehydes is 1. The van der Waals surface area contributed by atoms with Crippen molar-refractivity contribution in [3.8, 4) is 0 Å². The van der Waals surface area contributed by atoms with Crippen molar-refractivity contribution < 1.29 is 28.2 Å². The van der Waals surface area contributed by atoms with Gasteiger partial charge in [0.25, 0.3) is 0 Å². The normalized spacial score (nSPS) is 17.2. The molecule has 0 saturated heterocycles. The molecule has 0 bridgehead atoms. The summed E-state index contributed by atoms with van der Waals surface area (Å²) in [7, 11) is 0. The van der Waals surface area contributed by atoms with Gasteiger partial charge in [0, 0.05) is 56.6 Å². The van der Waals surface area contributed by atoms with Crippen LogP contribution in [0.25, 0.3) is 22.4 Å². The first-order chi connectivity index (χ1) is 26.6. The maximum Gasteiger partial charge on any atom is 0.446 e. The zero-order valence-corrected chi connectivity index (χ0v) is 30.5. The molecule has 2 N–H and O–H groups in total. The Morgan fingerprint density at radius 3 is 1.72 bits per heavy atom. The molecule has 0 fully saturated rings. The van der Waals surface area contributed by atoms with Gasteiger partial charge >= 0.3 is 6.18 Å². The number of hydrogen-bond acceptors (Lipinski definition) is 10. The summed E-state index contributed by atoms with van der Waals surface area (Å²) in [5.74, 6) is 4.61. The van der Waals surface area contributed by atoms with Crippen molar-refractivity contribution in [1.29, 1.82) is 0 Å². The molecule has 2 atom stereocenters. The number of carbonyl (C=O) groups is 1. The van der Waals surface area contributed by atoms with Crippen molar-refractivity contribution in [2.24, 2.45) is 11.7 Å². The Bertz CT molecular complexity index is 2000. The molecule has 2 aliphatic rings. The van der Waals surface area contributed by atoms with Crippen LogP contribution in [0.2, 0.25) is 0 Å². The molecule has 0 spiro atoms. The van der Waals surface area contributed by atoms with Crippen LogP contribution < -0.4 is 5.73 Å². The van der Waals surface area contributed by atoms with Crippen LogP contribution in [0.15, 0.2) is 82.8 Å². The molecule has 54 heavy (non-hydrogen) atoms. The van der Waals surface area contributed by atoms with E-state index in [4.69, 9.17) is 20.7 Å². The number of nitrogens with zero attached hydrogens (tertiary/aromatic N) is 8. The largest absolute Gasteiger partial charge is 0.469 e. The SMILES string of the molecule is CC1CC=C(c2cnc(CCc3ccco3)n3cnnc23)CC1.NC1CC=C(c2cnc(CCc3ccco3)n3cnnc23)CC1.O=CC(F)(F)F.[2H]CC. The zero-order chi connectivity index (χ0) is 39.2. The highest BCUT2D eigenvalue weighted by Gasteiger charge is 2.25. The first-order valence-electron chi connectivity index (χ1n) is 18.7. The number of furan rings is 2. The van der Waals surface area contributed by atoms with Crippen LogP contribution in [0.1, 0.15) is 94.9 Å². The minimum Gasteiger partial charge on any atom is -0.469 e. The molecule has 6 heterocycles. The van der Waals surface area contributed by atoms with Crippen LogP contribution in [-0.2, 0) is 30.5 Å². The van der Waals surface area contributed by atoms with Crippen molar-refractivity contribution in [3.63, 3.8) is 0 Å². The van der Waals surface area contributed by atoms with Crippen molar-refractivity contribution >= 4 is 28.7 Å². The Morgan fingerprint density at radius 1 is 0.852 bits per heavy atom. The minimum atomic E-state index is -4.64. The van der Waals surface area contributed by atoms with Crippen molar-refractivity contribution in [3.05, 3.63) is 108 Å². The second-order valence-electron chi connectivity index (χ2n) is 12.9. The highest BCUT2D eigenvalue weighted by atomic mass is 19.4. The molecule has 0 aromatic carbocycles. The molecule has 2 aliphatic carbocycles. The molecule has 6 aromatic rings. The lowest BCUT2D eigenvalue weighted by atomic mass is 9.88. The topological polar surface area (TPSA) is 156 Å². The lowest BCUT2D eigenvalue weighted by Crippen LogP contribution is -2.21. The Labute approximate surface area is 312 Å². The maximum absolute atomic E-state index is 10.4. The van der Waals surface area contributed by atoms with Crippen LogP contribution in [0.5, 0.6) is 0 Å². The van der Waals surface area contributed by atoms with Crippen LogP contribution >= 0.6 is 0 Å². The summed E-state index contributed by atoms with van der Waals surface area (Å²) in [4.78, 5) is 18.0. The monoisotopic (exact) mass is 746 g/mol. The van der Waals surface area contributed by atoms with Gasteiger partial charge in [0.15, 0.2) is 11.3 Å². The van der Waals surface area contributed by atoms with Crippen LogP contribution in [0.3, 0.4) is 0 Å². The van der Waals surface area contributed by atoms with Crippen LogP contribution in [0.4, 0.5) is 13.2 Å². The number of halogens is 3. The Kier molecular flexibility index (Phi) is 13.5. The summed E-state index contributed by atoms with van der Waals surface area (Å²) < 4.78 is 52.2. The molecule has 286 valence electrons. The molecule has 0 radical (unpaired) electrons. The molecule has 0 aliphatic heterocycles. The van der Waals surface area contributed by atoms with Crippen molar-refractivity contribution in [1.82, 2.24) is 39.2 Å². The standard InChI is InChI=1S/C18H20N4O.C17H19N5O.C2HF3O.C2H6/c1-13-4-6-14(7-5-13)16-11-19-17(22-12-20-21-18(16)22)9-8-15-3-2-10-23-15;18-13-5-3-12(4-6-13)15-10-19-16(22-11-20-21-17(15)22)8-7-14-2-1-9-23-14;3-2(4,5)1-6;1-2/h2-3,6,10-13H,4-5,7-9H2,1H3;1-3,9-11,13H,4-8,18H2;1H;1-2H3/i;;;1D. The van der Waals surface area contributed by atoms with E-state index in [1.807, 2.05) is 45.5 Å². The van der Waals surface area contributed by atoms with Gasteiger partial charge in [-0.25, -0.2) is 9.97 Å². The van der Waals surface area contributed by atoms with Gasteiger partial charge in [-0.05, 0) is 79.9 Å². The van der Waals surface area contributed by atoms with Gasteiger partial charge in [0.2, 0.25) is 6.29 Å². The molecule has 12 nitrogen and oxygen atoms in total. The third kappa shape index (κ3) is 10.6. The molecular formula is C39H46F3N9O3. The highest BCUT2D eigenvalue weighted by Crippen LogP contribution is 2.32. The second kappa shape index (κ2) is 19.1. The summed E-state index contributed by atoms with van der Waals surface area (Å²) in [6, 6.07) is 8.06. The van der Waals surface area contributed by atoms with E-state index in [9.17, 15) is 13.2 Å². The average molecular weight is 747 g/mol. The van der Waals surface area contributed by atoms with Gasteiger partial charge in [-0.1, -0.05) is 32.9 Å². The molecule has 6 aromatic heterocycles. The third-order valence-electron chi connectivity index (χ3n) is 9.12. The molecule has 2 unspecified atom stereocenters. The Balaban J connectivity index is 0.000000174. The molecule has 0 saturated carbocycles. The number of aryl methyl sites for hydroxylation is 4. The van der Waals surface area contributed by atoms with Crippen molar-refractivity contribution in [2.75, 3.05) is 0 Å². The molecule has 8 rings (SSSR count). The van der Waals surface area contributed by atoms with Gasteiger partial charge in [0.1, 0.15) is 35.8 Å². The number of aromatic nitrogens is 8. The quantitative estimate of drug-likeness (QED) is 0.152. The predicted octanol–water partition coefficient (Wildman–Crippen LogP) is 7.88. The fraction of sp³-hybridized carbons (Fsp3) is 0.410. The summed E-state index contributed by atoms with van der Waals surface area (Å²) in [6.07, 6.45) is 19.2. The van der Waals surface area contributed by atoms with Gasteiger partial charge < -0.3 is 14.6 Å². The van der Waals surface area contributed by atoms with E-state index in [1.165, 1.54) is 17.6 Å². The number of carbonyl (C=O) groups excluding carboxylic acids is 1. The van der Waals surface area contributed by atoms with Gasteiger partial charge in [-0.3, -0.25) is 13.6 Å². The summed E-state index contributed by atoms with van der Waals surface area (Å²) in [5.41, 5.74) is 12.6. The number of rotatable bonds is 8. The molecule has 15 heteroatoms. The Morgan fingerprint density at radius 2 is 1.33 bits per heavy atom. The van der Waals surface area contributed by atoms with Gasteiger partial charge in [-0.15, -0.1) is 20.4 Å². The van der Waals surface area contributed by atoms with Crippen LogP contribution in [-0.4, -0.2) is 57.7 Å². The highest BCUT2D eigenvalue weighted by molar-refractivity contribution is 5.76. The maximum atomic E-state index is 10.4. The van der Waals surface area contributed by atoms with E-state index in [-0.39, 0.29) is 6.04 Å². The smallest absolute Gasteiger partial charge is 0.446 e. The minimum absolute atomic E-state index is 0.271. The predicted molar refractivity (Wildman–Crippen MR) is 198 cm³/mol. The number of hydrogen-bond donors (Lipinski definition) is 1. The lowest BCUT2D eigenvalue weighted by Gasteiger charge is -2.18.